The summed E-state index contributed by atoms with van der Waals surface area (Å²) in [5.41, 5.74) is 5.81. The smallest absolute Gasteiger partial charge is 1.00 e. The number of halogens is 4. The summed E-state index contributed by atoms with van der Waals surface area (Å²) in [5.74, 6) is 0. The summed E-state index contributed by atoms with van der Waals surface area (Å²) < 4.78 is 3.87. The monoisotopic (exact) mass is 546 g/mol. The van der Waals surface area contributed by atoms with Crippen LogP contribution in [-0.4, -0.2) is 0 Å². The van der Waals surface area contributed by atoms with Crippen LogP contribution in [0.15, 0.2) is 60.7 Å². The molecule has 2 unspecified atom stereocenters. The van der Waals surface area contributed by atoms with Crippen LogP contribution in [0.4, 0.5) is 0 Å². The fraction of sp³-hybridized carbons (Fsp3) is 0.111. The third kappa shape index (κ3) is 3.65. The van der Waals surface area contributed by atoms with Crippen molar-refractivity contribution in [3.63, 3.8) is 0 Å². The van der Waals surface area contributed by atoms with Crippen molar-refractivity contribution in [3.8, 4) is 0 Å². The molecule has 2 atom stereocenters. The van der Waals surface area contributed by atoms with E-state index in [1.165, 1.54) is 31.2 Å². The third-order valence-corrected chi connectivity index (χ3v) is 9.59. The summed E-state index contributed by atoms with van der Waals surface area (Å²) >= 11 is 6.81. The second-order valence-corrected chi connectivity index (χ2v) is 10.9. The number of benzene rings is 2. The molecular weight excluding hydrogens is 538 g/mol. The first-order chi connectivity index (χ1) is 10.2. The third-order valence-electron chi connectivity index (χ3n) is 4.09. The van der Waals surface area contributed by atoms with E-state index >= 15 is 0 Å². The molecule has 0 heterocycles. The minimum absolute atomic E-state index is 0. The second kappa shape index (κ2) is 8.15. The molecule has 2 aliphatic rings. The van der Waals surface area contributed by atoms with Crippen LogP contribution in [0.2, 0.25) is 0 Å². The van der Waals surface area contributed by atoms with Gasteiger partial charge in [-0.15, -0.1) is 0 Å². The van der Waals surface area contributed by atoms with Gasteiger partial charge in [0.2, 0.25) is 0 Å². The molecule has 0 spiro atoms. The summed E-state index contributed by atoms with van der Waals surface area (Å²) in [6.45, 7) is 0. The fourth-order valence-electron chi connectivity index (χ4n) is 3.09. The van der Waals surface area contributed by atoms with E-state index in [1.807, 2.05) is 0 Å². The molecule has 2 aromatic rings. The molecule has 23 heavy (non-hydrogen) atoms. The van der Waals surface area contributed by atoms with Gasteiger partial charge in [0, 0.05) is 0 Å². The van der Waals surface area contributed by atoms with Crippen molar-refractivity contribution in [2.45, 2.75) is 7.25 Å². The summed E-state index contributed by atoms with van der Waals surface area (Å²) in [4.78, 5) is 0. The van der Waals surface area contributed by atoms with Crippen molar-refractivity contribution < 1.29 is 48.0 Å². The Morgan fingerprint density at radius 1 is 0.652 bits per heavy atom. The maximum Gasteiger partial charge on any atom is -1.00 e. The van der Waals surface area contributed by atoms with Crippen molar-refractivity contribution in [3.05, 3.63) is 82.9 Å². The Morgan fingerprint density at radius 3 is 1.48 bits per heavy atom. The molecule has 0 aromatic heterocycles. The maximum atomic E-state index is 3.73. The number of rotatable bonds is 2. The molecule has 2 aliphatic carbocycles. The van der Waals surface area contributed by atoms with E-state index in [9.17, 15) is 0 Å². The van der Waals surface area contributed by atoms with Gasteiger partial charge < -0.3 is 24.8 Å². The molecule has 0 radical (unpaired) electrons. The van der Waals surface area contributed by atoms with E-state index < -0.39 is 23.2 Å². The Kier molecular flexibility index (Phi) is 6.97. The van der Waals surface area contributed by atoms with E-state index in [0.717, 1.165) is 0 Å². The predicted molar refractivity (Wildman–Crippen MR) is 92.2 cm³/mol. The Balaban J connectivity index is 0.000000960. The van der Waals surface area contributed by atoms with Crippen LogP contribution >= 0.6 is 31.9 Å². The molecule has 0 saturated carbocycles. The van der Waals surface area contributed by atoms with Gasteiger partial charge in [0.05, 0.1) is 0 Å². The van der Waals surface area contributed by atoms with E-state index in [-0.39, 0.29) is 24.8 Å². The zero-order valence-electron chi connectivity index (χ0n) is 11.9. The van der Waals surface area contributed by atoms with Crippen molar-refractivity contribution >= 4 is 40.8 Å². The summed E-state index contributed by atoms with van der Waals surface area (Å²) in [6, 6.07) is 17.6. The predicted octanol–water partition coefficient (Wildman–Crippen LogP) is 0.0583. The van der Waals surface area contributed by atoms with Crippen molar-refractivity contribution in [1.29, 1.82) is 0 Å². The molecule has 2 aromatic carbocycles. The fourth-order valence-corrected chi connectivity index (χ4v) is 9.91. The van der Waals surface area contributed by atoms with Gasteiger partial charge in [-0.25, -0.2) is 0 Å². The first-order valence-electron chi connectivity index (χ1n) is 6.93. The molecular formula is C18H12Br2Cl2Zr. The van der Waals surface area contributed by atoms with Gasteiger partial charge in [-0.1, -0.05) is 0 Å². The SMILES string of the molecule is BrC1=C[CH]([Zr+2][CH]2C=C(Br)c3ccccc32)c2ccccc21.[Cl-].[Cl-]. The van der Waals surface area contributed by atoms with Gasteiger partial charge >= 0.3 is 154 Å². The van der Waals surface area contributed by atoms with E-state index in [0.29, 0.717) is 7.25 Å². The van der Waals surface area contributed by atoms with Gasteiger partial charge in [-0.3, -0.25) is 0 Å². The Bertz CT molecular complexity index is 721. The van der Waals surface area contributed by atoms with Gasteiger partial charge in [0.25, 0.3) is 0 Å². The standard InChI is InChI=1S/2C9H6Br.2ClH.Zr/c2*10-9-6-5-7-3-1-2-4-8(7)9;;;/h2*1-6H;2*1H;/q;;;;+2/p-2. The largest absolute Gasteiger partial charge is 1.00 e. The number of hydrogen-bond donors (Lipinski definition) is 0. The van der Waals surface area contributed by atoms with Gasteiger partial charge in [0.15, 0.2) is 0 Å². The maximum absolute atomic E-state index is 3.73. The quantitative estimate of drug-likeness (QED) is 0.497. The molecule has 0 bridgehead atoms. The van der Waals surface area contributed by atoms with E-state index in [4.69, 9.17) is 0 Å². The molecule has 0 saturated heterocycles. The van der Waals surface area contributed by atoms with Gasteiger partial charge in [-0.05, 0) is 0 Å². The molecule has 4 rings (SSSR count). The Labute approximate surface area is 177 Å². The molecule has 0 N–H and O–H groups in total. The summed E-state index contributed by atoms with van der Waals surface area (Å²) in [5, 5.41) is 0. The number of hydrogen-bond acceptors (Lipinski definition) is 0. The Morgan fingerprint density at radius 2 is 1.04 bits per heavy atom. The van der Waals surface area contributed by atoms with Gasteiger partial charge in [0.1, 0.15) is 0 Å². The van der Waals surface area contributed by atoms with Gasteiger partial charge in [-0.2, -0.15) is 0 Å². The number of allylic oxidation sites excluding steroid dienone is 2. The molecule has 0 fully saturated rings. The topological polar surface area (TPSA) is 0 Å². The van der Waals surface area contributed by atoms with Crippen LogP contribution in [0.5, 0.6) is 0 Å². The van der Waals surface area contributed by atoms with Crippen LogP contribution in [0.25, 0.3) is 8.96 Å². The average molecular weight is 550 g/mol. The zero-order valence-corrected chi connectivity index (χ0v) is 19.1. The van der Waals surface area contributed by atoms with Crippen LogP contribution in [0.3, 0.4) is 0 Å². The van der Waals surface area contributed by atoms with E-state index in [2.05, 4.69) is 92.5 Å². The number of fused-ring (bicyclic) bond motifs is 2. The minimum Gasteiger partial charge on any atom is -1.00 e. The van der Waals surface area contributed by atoms with Crippen LogP contribution < -0.4 is 24.8 Å². The normalized spacial score (nSPS) is 20.3. The Hall–Kier alpha value is 0.343. The minimum atomic E-state index is -0.655. The van der Waals surface area contributed by atoms with Crippen molar-refractivity contribution in [2.24, 2.45) is 0 Å². The average Bonchev–Trinajstić information content (AvgIpc) is 3.00. The molecule has 0 aliphatic heterocycles. The first kappa shape index (κ1) is 19.7. The second-order valence-electron chi connectivity index (χ2n) is 5.33. The summed E-state index contributed by atoms with van der Waals surface area (Å²) in [6.07, 6.45) is 4.86. The first-order valence-corrected chi connectivity index (χ1v) is 11.4. The van der Waals surface area contributed by atoms with E-state index in [1.54, 1.807) is 0 Å². The zero-order chi connectivity index (χ0) is 14.4. The van der Waals surface area contributed by atoms with Crippen LogP contribution in [0.1, 0.15) is 29.5 Å². The molecule has 0 nitrogen and oxygen atoms in total. The van der Waals surface area contributed by atoms with Crippen LogP contribution in [-0.2, 0) is 23.2 Å². The van der Waals surface area contributed by atoms with Crippen molar-refractivity contribution in [1.82, 2.24) is 0 Å². The van der Waals surface area contributed by atoms with Crippen molar-refractivity contribution in [2.75, 3.05) is 0 Å². The van der Waals surface area contributed by atoms with Crippen LogP contribution in [0, 0.1) is 0 Å². The molecule has 5 heteroatoms. The molecule has 0 amide bonds. The molecule has 116 valence electrons. The summed E-state index contributed by atoms with van der Waals surface area (Å²) in [7, 11) is 0.